The van der Waals surface area contributed by atoms with E-state index in [0.717, 1.165) is 45.4 Å². The molecule has 1 aliphatic rings. The fourth-order valence-corrected chi connectivity index (χ4v) is 7.58. The molecule has 0 radical (unpaired) electrons. The number of nitrogens with zero attached hydrogens (tertiary/aromatic N) is 6. The smallest absolute Gasteiger partial charge is 0.246 e. The van der Waals surface area contributed by atoms with Crippen LogP contribution in [0.4, 0.5) is 8.78 Å². The zero-order valence-corrected chi connectivity index (χ0v) is 27.9. The molecule has 0 saturated carbocycles. The van der Waals surface area contributed by atoms with Crippen molar-refractivity contribution in [1.29, 1.82) is 0 Å². The summed E-state index contributed by atoms with van der Waals surface area (Å²) in [6.45, 7) is 11.0. The van der Waals surface area contributed by atoms with Crippen LogP contribution >= 0.6 is 11.3 Å². The Morgan fingerprint density at radius 1 is 1.06 bits per heavy atom. The number of carbonyl (C=O) groups excluding carboxylic acids is 2. The maximum atomic E-state index is 16.1. The number of hydrogen-bond acceptors (Lipinski definition) is 7. The second-order valence-corrected chi connectivity index (χ2v) is 13.1. The molecule has 0 unspecified atom stereocenters. The van der Waals surface area contributed by atoms with Crippen molar-refractivity contribution in [2.24, 2.45) is 7.05 Å². The number of fused-ring (bicyclic) bond motifs is 3. The fourth-order valence-electron chi connectivity index (χ4n) is 6.63. The molecule has 2 aromatic carbocycles. The number of thiophene rings is 1. The Hall–Kier alpha value is -5.23. The predicted molar refractivity (Wildman–Crippen MR) is 182 cm³/mol. The summed E-state index contributed by atoms with van der Waals surface area (Å²) < 4.78 is 40.8. The van der Waals surface area contributed by atoms with E-state index >= 15 is 4.39 Å². The van der Waals surface area contributed by atoms with Crippen LogP contribution in [0.15, 0.2) is 60.5 Å². The summed E-state index contributed by atoms with van der Waals surface area (Å²) in [6, 6.07) is 11.1. The SMILES string of the molecule is C=CC(=O)N1[C@H](C)c2cc(-c3nc(-c4ccc5c(C)n(C)nc5c4)c4ccsc4c3-c3c(F)cc(F)cc3OCC(C)=O)nn2C[C@@H]1C. The Balaban J connectivity index is 1.52. The summed E-state index contributed by atoms with van der Waals surface area (Å²) in [7, 11) is 1.90. The van der Waals surface area contributed by atoms with Crippen LogP contribution in [0.3, 0.4) is 0 Å². The summed E-state index contributed by atoms with van der Waals surface area (Å²) in [6.07, 6.45) is 1.30. The average molecular weight is 667 g/mol. The first-order valence-corrected chi connectivity index (χ1v) is 16.3. The van der Waals surface area contributed by atoms with E-state index in [1.807, 2.05) is 72.9 Å². The van der Waals surface area contributed by atoms with E-state index in [4.69, 9.17) is 14.8 Å². The molecule has 7 rings (SSSR count). The van der Waals surface area contributed by atoms with Crippen LogP contribution in [0, 0.1) is 18.6 Å². The second kappa shape index (κ2) is 11.8. The molecule has 1 aliphatic heterocycles. The van der Waals surface area contributed by atoms with Gasteiger partial charge < -0.3 is 9.64 Å². The van der Waals surface area contributed by atoms with Gasteiger partial charge in [-0.2, -0.15) is 10.2 Å². The van der Waals surface area contributed by atoms with Crippen molar-refractivity contribution < 1.29 is 23.1 Å². The number of halogens is 2. The predicted octanol–water partition coefficient (Wildman–Crippen LogP) is 7.41. The molecule has 4 aromatic heterocycles. The van der Waals surface area contributed by atoms with Crippen LogP contribution in [0.25, 0.3) is 54.8 Å². The van der Waals surface area contributed by atoms with Crippen molar-refractivity contribution in [2.45, 2.75) is 46.3 Å². The minimum absolute atomic E-state index is 0.0224. The Bertz CT molecular complexity index is 2300. The number of hydrogen-bond donors (Lipinski definition) is 0. The lowest BCUT2D eigenvalue weighted by Gasteiger charge is -2.38. The summed E-state index contributed by atoms with van der Waals surface area (Å²) in [4.78, 5) is 31.7. The highest BCUT2D eigenvalue weighted by atomic mass is 32.1. The van der Waals surface area contributed by atoms with Gasteiger partial charge in [0.15, 0.2) is 5.78 Å². The number of Topliss-reactive ketones (excluding diaryl/α,β-unsaturated/α-hetero) is 1. The normalized spacial score (nSPS) is 16.0. The van der Waals surface area contributed by atoms with Crippen LogP contribution in [-0.4, -0.2) is 53.8 Å². The first kappa shape index (κ1) is 31.4. The number of pyridine rings is 1. The van der Waals surface area contributed by atoms with E-state index < -0.39 is 11.6 Å². The van der Waals surface area contributed by atoms with Gasteiger partial charge in [0.05, 0.1) is 35.1 Å². The molecule has 12 heteroatoms. The number of ketones is 1. The van der Waals surface area contributed by atoms with E-state index in [0.29, 0.717) is 33.9 Å². The van der Waals surface area contributed by atoms with Gasteiger partial charge in [0.25, 0.3) is 0 Å². The van der Waals surface area contributed by atoms with Gasteiger partial charge in [0, 0.05) is 57.5 Å². The van der Waals surface area contributed by atoms with E-state index in [9.17, 15) is 14.0 Å². The quantitative estimate of drug-likeness (QED) is 0.165. The molecule has 0 aliphatic carbocycles. The first-order chi connectivity index (χ1) is 23.0. The van der Waals surface area contributed by atoms with Crippen LogP contribution in [0.5, 0.6) is 5.75 Å². The van der Waals surface area contributed by atoms with Crippen LogP contribution < -0.4 is 4.74 Å². The zero-order chi connectivity index (χ0) is 34.0. The van der Waals surface area contributed by atoms with Crippen molar-refractivity contribution in [3.63, 3.8) is 0 Å². The van der Waals surface area contributed by atoms with Gasteiger partial charge in [0.2, 0.25) is 5.91 Å². The highest BCUT2D eigenvalue weighted by Gasteiger charge is 2.34. The number of aromatic nitrogens is 5. The molecule has 0 spiro atoms. The minimum Gasteiger partial charge on any atom is -0.485 e. The number of rotatable bonds is 7. The monoisotopic (exact) mass is 666 g/mol. The fraction of sp³-hybridized carbons (Fsp3) is 0.250. The molecule has 9 nitrogen and oxygen atoms in total. The lowest BCUT2D eigenvalue weighted by atomic mass is 9.96. The lowest BCUT2D eigenvalue weighted by Crippen LogP contribution is -2.46. The lowest BCUT2D eigenvalue weighted by molar-refractivity contribution is -0.132. The summed E-state index contributed by atoms with van der Waals surface area (Å²) in [5.41, 5.74) is 5.19. The van der Waals surface area contributed by atoms with Gasteiger partial charge in [-0.15, -0.1) is 11.3 Å². The average Bonchev–Trinajstić information content (AvgIpc) is 3.77. The molecule has 48 heavy (non-hydrogen) atoms. The first-order valence-electron chi connectivity index (χ1n) is 15.5. The number of aryl methyl sites for hydroxylation is 2. The van der Waals surface area contributed by atoms with Crippen LogP contribution in [-0.2, 0) is 23.2 Å². The van der Waals surface area contributed by atoms with Gasteiger partial charge in [0.1, 0.15) is 35.4 Å². The zero-order valence-electron chi connectivity index (χ0n) is 27.0. The van der Waals surface area contributed by atoms with Crippen molar-refractivity contribution in [2.75, 3.05) is 6.61 Å². The van der Waals surface area contributed by atoms with Gasteiger partial charge in [-0.25, -0.2) is 13.8 Å². The standard InChI is InChI=1S/C36H32F2N6O3S/c1-7-31(46)44-18(2)16-43-29(21(44)5)15-28(41-43)35-33(32-26(38)13-23(37)14-30(32)47-17-19(3)45)36-25(10-11-48-36)34(39-35)22-8-9-24-20(4)42(6)40-27(24)12-22/h7-15,18,21H,1,16-17H2,2-6H3/t18-,21+/m0/s1. The van der Waals surface area contributed by atoms with Crippen molar-refractivity contribution in [1.82, 2.24) is 29.4 Å². The largest absolute Gasteiger partial charge is 0.485 e. The third-order valence-corrected chi connectivity index (χ3v) is 9.88. The number of amides is 1. The minimum atomic E-state index is -0.863. The molecule has 0 N–H and O–H groups in total. The summed E-state index contributed by atoms with van der Waals surface area (Å²) >= 11 is 1.38. The Morgan fingerprint density at radius 3 is 2.60 bits per heavy atom. The van der Waals surface area contributed by atoms with Crippen LogP contribution in [0.2, 0.25) is 0 Å². The van der Waals surface area contributed by atoms with Crippen molar-refractivity contribution in [3.8, 4) is 39.5 Å². The Labute approximate surface area is 279 Å². The molecule has 244 valence electrons. The van der Waals surface area contributed by atoms with Gasteiger partial charge >= 0.3 is 0 Å². The Morgan fingerprint density at radius 2 is 1.85 bits per heavy atom. The molecule has 6 aromatic rings. The molecule has 5 heterocycles. The molecule has 0 fully saturated rings. The van der Waals surface area contributed by atoms with E-state index in [2.05, 4.69) is 11.7 Å². The highest BCUT2D eigenvalue weighted by Crippen LogP contribution is 2.47. The van der Waals surface area contributed by atoms with Crippen molar-refractivity contribution in [3.05, 3.63) is 83.5 Å². The number of ether oxygens (including phenoxy) is 1. The molecule has 0 saturated heterocycles. The van der Waals surface area contributed by atoms with Crippen molar-refractivity contribution >= 4 is 44.0 Å². The number of benzene rings is 2. The molecule has 2 atom stereocenters. The second-order valence-electron chi connectivity index (χ2n) is 12.2. The maximum Gasteiger partial charge on any atom is 0.246 e. The van der Waals surface area contributed by atoms with Gasteiger partial charge in [-0.1, -0.05) is 18.7 Å². The van der Waals surface area contributed by atoms with E-state index in [1.54, 1.807) is 4.90 Å². The molecular formula is C36H32F2N6O3S. The molecular weight excluding hydrogens is 634 g/mol. The van der Waals surface area contributed by atoms with Gasteiger partial charge in [-0.05, 0) is 57.4 Å². The highest BCUT2D eigenvalue weighted by molar-refractivity contribution is 7.18. The Kier molecular flexibility index (Phi) is 7.70. The van der Waals surface area contributed by atoms with E-state index in [1.165, 1.54) is 24.3 Å². The maximum absolute atomic E-state index is 16.1. The number of carbonyl (C=O) groups is 2. The van der Waals surface area contributed by atoms with Crippen LogP contribution in [0.1, 0.15) is 38.2 Å². The summed E-state index contributed by atoms with van der Waals surface area (Å²) in [5, 5.41) is 13.3. The third kappa shape index (κ3) is 5.07. The molecule has 1 amide bonds. The molecule has 0 bridgehead atoms. The topological polar surface area (TPSA) is 95.1 Å². The van der Waals surface area contributed by atoms with E-state index in [-0.39, 0.29) is 41.7 Å². The van der Waals surface area contributed by atoms with Gasteiger partial charge in [-0.3, -0.25) is 19.0 Å². The summed E-state index contributed by atoms with van der Waals surface area (Å²) in [5.74, 6) is -2.31. The third-order valence-electron chi connectivity index (χ3n) is 8.95.